The molecule has 116 valence electrons. The molecule has 0 spiro atoms. The Morgan fingerprint density at radius 2 is 1.59 bits per heavy atom. The minimum atomic E-state index is -0.465. The molecule has 0 saturated carbocycles. The Morgan fingerprint density at radius 3 is 2.23 bits per heavy atom. The van der Waals surface area contributed by atoms with E-state index in [9.17, 15) is 4.79 Å². The molecule has 2 aromatic carbocycles. The lowest BCUT2D eigenvalue weighted by Crippen LogP contribution is -2.11. The summed E-state index contributed by atoms with van der Waals surface area (Å²) in [6.45, 7) is 1.04. The largest absolute Gasteiger partial charge is 0.497 e. The average molecular weight is 301 g/mol. The van der Waals surface area contributed by atoms with Crippen molar-refractivity contribution in [1.29, 1.82) is 0 Å². The molecule has 0 saturated heterocycles. The van der Waals surface area contributed by atoms with Crippen LogP contribution in [0.15, 0.2) is 48.5 Å². The predicted octanol–water partition coefficient (Wildman–Crippen LogP) is 2.64. The number of hydrogen-bond acceptors (Lipinski definition) is 4. The highest BCUT2D eigenvalue weighted by Gasteiger charge is 2.02. The minimum Gasteiger partial charge on any atom is -0.497 e. The van der Waals surface area contributed by atoms with E-state index in [2.05, 4.69) is 0 Å². The normalized spacial score (nSPS) is 10.0. The zero-order valence-corrected chi connectivity index (χ0v) is 12.5. The van der Waals surface area contributed by atoms with E-state index in [1.54, 1.807) is 31.4 Å². The van der Waals surface area contributed by atoms with E-state index < -0.39 is 5.91 Å². The third-order valence-electron chi connectivity index (χ3n) is 3.00. The number of primary amides is 1. The van der Waals surface area contributed by atoms with Crippen molar-refractivity contribution in [3.05, 3.63) is 54.1 Å². The van der Waals surface area contributed by atoms with Gasteiger partial charge >= 0.3 is 0 Å². The van der Waals surface area contributed by atoms with Gasteiger partial charge < -0.3 is 19.9 Å². The first-order valence-electron chi connectivity index (χ1n) is 6.98. The molecule has 0 bridgehead atoms. The fourth-order valence-electron chi connectivity index (χ4n) is 1.85. The highest BCUT2D eigenvalue weighted by molar-refractivity contribution is 5.93. The van der Waals surface area contributed by atoms with Gasteiger partial charge in [0.25, 0.3) is 0 Å². The molecule has 2 rings (SSSR count). The molecule has 22 heavy (non-hydrogen) atoms. The van der Waals surface area contributed by atoms with Crippen LogP contribution in [0.1, 0.15) is 16.8 Å². The molecule has 0 aliphatic carbocycles. The molecule has 0 heterocycles. The van der Waals surface area contributed by atoms with E-state index in [1.165, 1.54) is 0 Å². The molecule has 0 fully saturated rings. The zero-order valence-electron chi connectivity index (χ0n) is 12.5. The monoisotopic (exact) mass is 301 g/mol. The quantitative estimate of drug-likeness (QED) is 0.761. The summed E-state index contributed by atoms with van der Waals surface area (Å²) in [4.78, 5) is 11.1. The second-order valence-corrected chi connectivity index (χ2v) is 4.62. The maximum absolute atomic E-state index is 11.1. The van der Waals surface area contributed by atoms with Crippen LogP contribution in [0, 0.1) is 0 Å². The van der Waals surface area contributed by atoms with Crippen LogP contribution in [0.4, 0.5) is 0 Å². The molecule has 0 aliphatic rings. The van der Waals surface area contributed by atoms with Crippen LogP contribution >= 0.6 is 0 Å². The zero-order chi connectivity index (χ0) is 15.8. The summed E-state index contributed by atoms with van der Waals surface area (Å²) in [6, 6.07) is 14.2. The fourth-order valence-corrected chi connectivity index (χ4v) is 1.85. The number of ether oxygens (including phenoxy) is 3. The van der Waals surface area contributed by atoms with Crippen molar-refractivity contribution in [3.63, 3.8) is 0 Å². The summed E-state index contributed by atoms with van der Waals surface area (Å²) in [5.41, 5.74) is 5.66. The summed E-state index contributed by atoms with van der Waals surface area (Å²) < 4.78 is 16.2. The molecule has 5 nitrogen and oxygen atoms in total. The van der Waals surface area contributed by atoms with Crippen LogP contribution < -0.4 is 19.9 Å². The van der Waals surface area contributed by atoms with Crippen LogP contribution in [0.2, 0.25) is 0 Å². The Bertz CT molecular complexity index is 610. The number of benzene rings is 2. The number of carbonyl (C=O) groups is 1. The second kappa shape index (κ2) is 7.93. The van der Waals surface area contributed by atoms with Gasteiger partial charge in [-0.05, 0) is 42.5 Å². The first kappa shape index (κ1) is 15.7. The summed E-state index contributed by atoms with van der Waals surface area (Å²) in [6.07, 6.45) is 0.729. The standard InChI is InChI=1S/C17H19NO4/c1-20-14-6-8-15(9-7-14)21-10-3-11-22-16-5-2-4-13(12-16)17(18)19/h2,4-9,12H,3,10-11H2,1H3,(H2,18,19). The summed E-state index contributed by atoms with van der Waals surface area (Å²) in [5.74, 6) is 1.75. The van der Waals surface area contributed by atoms with Gasteiger partial charge in [-0.3, -0.25) is 4.79 Å². The summed E-state index contributed by atoms with van der Waals surface area (Å²) >= 11 is 0. The molecule has 0 radical (unpaired) electrons. The lowest BCUT2D eigenvalue weighted by molar-refractivity contribution is 0.0999. The highest BCUT2D eigenvalue weighted by atomic mass is 16.5. The number of nitrogens with two attached hydrogens (primary N) is 1. The van der Waals surface area contributed by atoms with Crippen LogP contribution in [0.5, 0.6) is 17.2 Å². The second-order valence-electron chi connectivity index (χ2n) is 4.62. The molecule has 0 atom stereocenters. The van der Waals surface area contributed by atoms with Gasteiger partial charge in [-0.2, -0.15) is 0 Å². The number of carbonyl (C=O) groups excluding carboxylic acids is 1. The third kappa shape index (κ3) is 4.70. The van der Waals surface area contributed by atoms with Gasteiger partial charge in [0, 0.05) is 12.0 Å². The summed E-state index contributed by atoms with van der Waals surface area (Å²) in [7, 11) is 1.63. The van der Waals surface area contributed by atoms with Gasteiger partial charge in [-0.25, -0.2) is 0 Å². The van der Waals surface area contributed by atoms with Crippen molar-refractivity contribution in [3.8, 4) is 17.2 Å². The Morgan fingerprint density at radius 1 is 0.955 bits per heavy atom. The van der Waals surface area contributed by atoms with Crippen molar-refractivity contribution >= 4 is 5.91 Å². The Labute approximate surface area is 129 Å². The van der Waals surface area contributed by atoms with Gasteiger partial charge in [0.15, 0.2) is 0 Å². The van der Waals surface area contributed by atoms with Crippen LogP contribution in [0.25, 0.3) is 0 Å². The van der Waals surface area contributed by atoms with Crippen molar-refractivity contribution in [1.82, 2.24) is 0 Å². The number of hydrogen-bond donors (Lipinski definition) is 1. The van der Waals surface area contributed by atoms with Crippen molar-refractivity contribution < 1.29 is 19.0 Å². The maximum Gasteiger partial charge on any atom is 0.248 e. The SMILES string of the molecule is COc1ccc(OCCCOc2cccc(C(N)=O)c2)cc1. The number of rotatable bonds is 8. The minimum absolute atomic E-state index is 0.437. The topological polar surface area (TPSA) is 70.8 Å². The Balaban J connectivity index is 1.70. The van der Waals surface area contributed by atoms with Crippen molar-refractivity contribution in [2.45, 2.75) is 6.42 Å². The molecule has 0 unspecified atom stereocenters. The van der Waals surface area contributed by atoms with Crippen LogP contribution in [-0.2, 0) is 0 Å². The highest BCUT2D eigenvalue weighted by Crippen LogP contribution is 2.17. The van der Waals surface area contributed by atoms with E-state index >= 15 is 0 Å². The molecule has 2 N–H and O–H groups in total. The smallest absolute Gasteiger partial charge is 0.248 e. The molecule has 2 aromatic rings. The van der Waals surface area contributed by atoms with Gasteiger partial charge in [-0.15, -0.1) is 0 Å². The molecular formula is C17H19NO4. The van der Waals surface area contributed by atoms with Crippen molar-refractivity contribution in [2.75, 3.05) is 20.3 Å². The lowest BCUT2D eigenvalue weighted by Gasteiger charge is -2.09. The van der Waals surface area contributed by atoms with E-state index in [0.717, 1.165) is 17.9 Å². The molecule has 5 heteroatoms. The first-order chi connectivity index (χ1) is 10.7. The van der Waals surface area contributed by atoms with Gasteiger partial charge in [0.05, 0.1) is 20.3 Å². The summed E-state index contributed by atoms with van der Waals surface area (Å²) in [5, 5.41) is 0. The molecular weight excluding hydrogens is 282 g/mol. The third-order valence-corrected chi connectivity index (χ3v) is 3.00. The van der Waals surface area contributed by atoms with Crippen LogP contribution in [-0.4, -0.2) is 26.2 Å². The van der Waals surface area contributed by atoms with E-state index in [0.29, 0.717) is 24.5 Å². The number of methoxy groups -OCH3 is 1. The van der Waals surface area contributed by atoms with Crippen molar-refractivity contribution in [2.24, 2.45) is 5.73 Å². The van der Waals surface area contributed by atoms with E-state index in [1.807, 2.05) is 24.3 Å². The molecule has 1 amide bonds. The Kier molecular flexibility index (Phi) is 5.65. The van der Waals surface area contributed by atoms with Crippen LogP contribution in [0.3, 0.4) is 0 Å². The number of amides is 1. The van der Waals surface area contributed by atoms with Gasteiger partial charge in [0.1, 0.15) is 17.2 Å². The maximum atomic E-state index is 11.1. The Hall–Kier alpha value is -2.69. The van der Waals surface area contributed by atoms with Gasteiger partial charge in [-0.1, -0.05) is 6.07 Å². The first-order valence-corrected chi connectivity index (χ1v) is 6.98. The average Bonchev–Trinajstić information content (AvgIpc) is 2.55. The molecule has 0 aliphatic heterocycles. The molecule has 0 aromatic heterocycles. The van der Waals surface area contributed by atoms with E-state index in [-0.39, 0.29) is 0 Å². The van der Waals surface area contributed by atoms with E-state index in [4.69, 9.17) is 19.9 Å². The fraction of sp³-hybridized carbons (Fsp3) is 0.235. The van der Waals surface area contributed by atoms with Gasteiger partial charge in [0.2, 0.25) is 5.91 Å². The lowest BCUT2D eigenvalue weighted by atomic mass is 10.2. The predicted molar refractivity (Wildman–Crippen MR) is 83.6 cm³/mol.